The minimum Gasteiger partial charge on any atom is -0.370 e. The van der Waals surface area contributed by atoms with E-state index in [4.69, 9.17) is 4.74 Å². The van der Waals surface area contributed by atoms with Gasteiger partial charge < -0.3 is 4.74 Å². The van der Waals surface area contributed by atoms with Crippen molar-refractivity contribution in [3.05, 3.63) is 21.9 Å². The van der Waals surface area contributed by atoms with Crippen LogP contribution in [0.5, 0.6) is 0 Å². The standard InChI is InChI=1S/C11H16OS/c1-7-4-5-13-11(7)8(2)6-10-9(3)12-10/h4-5,8-10H,6H2,1-3H3. The zero-order chi connectivity index (χ0) is 9.42. The molecular formula is C11H16OS. The molecule has 1 saturated heterocycles. The Morgan fingerprint density at radius 2 is 2.31 bits per heavy atom. The van der Waals surface area contributed by atoms with E-state index in [0.717, 1.165) is 0 Å². The first kappa shape index (κ1) is 9.22. The fourth-order valence-corrected chi connectivity index (χ4v) is 2.82. The first-order valence-corrected chi connectivity index (χ1v) is 5.76. The molecule has 1 nitrogen and oxygen atoms in total. The summed E-state index contributed by atoms with van der Waals surface area (Å²) in [7, 11) is 0. The van der Waals surface area contributed by atoms with E-state index < -0.39 is 0 Å². The summed E-state index contributed by atoms with van der Waals surface area (Å²) in [5, 5.41) is 2.18. The monoisotopic (exact) mass is 196 g/mol. The summed E-state index contributed by atoms with van der Waals surface area (Å²) in [5.41, 5.74) is 1.44. The Kier molecular flexibility index (Phi) is 2.43. The molecule has 1 aliphatic heterocycles. The predicted molar refractivity (Wildman–Crippen MR) is 56.4 cm³/mol. The van der Waals surface area contributed by atoms with Crippen molar-refractivity contribution in [2.45, 2.75) is 45.3 Å². The van der Waals surface area contributed by atoms with Crippen molar-refractivity contribution < 1.29 is 4.74 Å². The maximum absolute atomic E-state index is 5.43. The van der Waals surface area contributed by atoms with Crippen LogP contribution in [0.4, 0.5) is 0 Å². The van der Waals surface area contributed by atoms with Gasteiger partial charge in [0.15, 0.2) is 0 Å². The number of rotatable bonds is 3. The van der Waals surface area contributed by atoms with E-state index in [0.29, 0.717) is 18.1 Å². The molecule has 1 aliphatic rings. The summed E-state index contributed by atoms with van der Waals surface area (Å²) >= 11 is 1.87. The van der Waals surface area contributed by atoms with Gasteiger partial charge in [-0.15, -0.1) is 11.3 Å². The molecule has 0 amide bonds. The highest BCUT2D eigenvalue weighted by molar-refractivity contribution is 7.10. The summed E-state index contributed by atoms with van der Waals surface area (Å²) in [6.45, 7) is 6.64. The molecule has 3 atom stereocenters. The Morgan fingerprint density at radius 3 is 2.77 bits per heavy atom. The molecule has 13 heavy (non-hydrogen) atoms. The van der Waals surface area contributed by atoms with Gasteiger partial charge in [0.25, 0.3) is 0 Å². The molecule has 1 aromatic rings. The second-order valence-corrected chi connectivity index (χ2v) is 4.93. The Labute approximate surface area is 83.7 Å². The first-order valence-electron chi connectivity index (χ1n) is 4.88. The molecule has 0 aromatic carbocycles. The third-order valence-electron chi connectivity index (χ3n) is 2.77. The van der Waals surface area contributed by atoms with E-state index >= 15 is 0 Å². The third kappa shape index (κ3) is 1.94. The van der Waals surface area contributed by atoms with Crippen LogP contribution in [0, 0.1) is 6.92 Å². The van der Waals surface area contributed by atoms with Crippen molar-refractivity contribution >= 4 is 11.3 Å². The summed E-state index contributed by atoms with van der Waals surface area (Å²) in [5.74, 6) is 0.662. The van der Waals surface area contributed by atoms with Crippen molar-refractivity contribution in [2.75, 3.05) is 0 Å². The van der Waals surface area contributed by atoms with E-state index in [1.54, 1.807) is 0 Å². The molecule has 0 bridgehead atoms. The summed E-state index contributed by atoms with van der Waals surface area (Å²) < 4.78 is 5.43. The largest absolute Gasteiger partial charge is 0.370 e. The number of ether oxygens (including phenoxy) is 1. The average Bonchev–Trinajstić information content (AvgIpc) is 2.62. The van der Waals surface area contributed by atoms with Crippen molar-refractivity contribution in [1.29, 1.82) is 0 Å². The van der Waals surface area contributed by atoms with Gasteiger partial charge in [-0.3, -0.25) is 0 Å². The lowest BCUT2D eigenvalue weighted by molar-refractivity contribution is 0.363. The molecule has 2 rings (SSSR count). The third-order valence-corrected chi connectivity index (χ3v) is 4.02. The molecular weight excluding hydrogens is 180 g/mol. The molecule has 0 radical (unpaired) electrons. The Morgan fingerprint density at radius 1 is 1.62 bits per heavy atom. The second-order valence-electron chi connectivity index (χ2n) is 3.98. The van der Waals surface area contributed by atoms with Crippen LogP contribution >= 0.6 is 11.3 Å². The minimum absolute atomic E-state index is 0.503. The van der Waals surface area contributed by atoms with Crippen molar-refractivity contribution in [2.24, 2.45) is 0 Å². The number of hydrogen-bond donors (Lipinski definition) is 0. The van der Waals surface area contributed by atoms with Crippen molar-refractivity contribution in [3.63, 3.8) is 0 Å². The fraction of sp³-hybridized carbons (Fsp3) is 0.636. The number of aryl methyl sites for hydroxylation is 1. The zero-order valence-electron chi connectivity index (χ0n) is 8.41. The van der Waals surface area contributed by atoms with Crippen LogP contribution in [-0.2, 0) is 4.74 Å². The molecule has 0 N–H and O–H groups in total. The Hall–Kier alpha value is -0.340. The SMILES string of the molecule is Cc1ccsc1C(C)CC1OC1C. The van der Waals surface area contributed by atoms with Gasteiger partial charge in [0.05, 0.1) is 12.2 Å². The molecule has 72 valence electrons. The van der Waals surface area contributed by atoms with E-state index in [1.165, 1.54) is 16.9 Å². The summed E-state index contributed by atoms with van der Waals surface area (Å²) in [6.07, 6.45) is 2.21. The number of hydrogen-bond acceptors (Lipinski definition) is 2. The van der Waals surface area contributed by atoms with Gasteiger partial charge in [-0.1, -0.05) is 6.92 Å². The quantitative estimate of drug-likeness (QED) is 0.675. The van der Waals surface area contributed by atoms with Gasteiger partial charge in [0.2, 0.25) is 0 Å². The topological polar surface area (TPSA) is 12.5 Å². The maximum atomic E-state index is 5.43. The molecule has 2 heteroatoms. The predicted octanol–water partition coefficient (Wildman–Crippen LogP) is 3.34. The Bertz CT molecular complexity index is 292. The average molecular weight is 196 g/mol. The highest BCUT2D eigenvalue weighted by atomic mass is 32.1. The van der Waals surface area contributed by atoms with Crippen LogP contribution in [0.25, 0.3) is 0 Å². The van der Waals surface area contributed by atoms with Gasteiger partial charge in [-0.2, -0.15) is 0 Å². The normalized spacial score (nSPS) is 28.8. The molecule has 0 spiro atoms. The van der Waals surface area contributed by atoms with Gasteiger partial charge in [0, 0.05) is 4.88 Å². The van der Waals surface area contributed by atoms with E-state index in [2.05, 4.69) is 32.2 Å². The molecule has 3 unspecified atom stereocenters. The molecule has 1 aromatic heterocycles. The van der Waals surface area contributed by atoms with Gasteiger partial charge in [-0.05, 0) is 43.2 Å². The van der Waals surface area contributed by atoms with E-state index in [9.17, 15) is 0 Å². The number of epoxide rings is 1. The smallest absolute Gasteiger partial charge is 0.0845 e. The highest BCUT2D eigenvalue weighted by Gasteiger charge is 2.35. The molecule has 2 heterocycles. The molecule has 0 saturated carbocycles. The molecule has 1 fully saturated rings. The van der Waals surface area contributed by atoms with Crippen LogP contribution < -0.4 is 0 Å². The highest BCUT2D eigenvalue weighted by Crippen LogP contribution is 2.35. The first-order chi connectivity index (χ1) is 6.18. The van der Waals surface area contributed by atoms with E-state index in [1.807, 2.05) is 11.3 Å². The van der Waals surface area contributed by atoms with Gasteiger partial charge >= 0.3 is 0 Å². The second kappa shape index (κ2) is 3.43. The summed E-state index contributed by atoms with van der Waals surface area (Å²) in [6, 6.07) is 2.20. The lowest BCUT2D eigenvalue weighted by Gasteiger charge is -2.08. The van der Waals surface area contributed by atoms with Crippen molar-refractivity contribution in [1.82, 2.24) is 0 Å². The summed E-state index contributed by atoms with van der Waals surface area (Å²) in [4.78, 5) is 1.53. The van der Waals surface area contributed by atoms with E-state index in [-0.39, 0.29) is 0 Å². The van der Waals surface area contributed by atoms with Gasteiger partial charge in [-0.25, -0.2) is 0 Å². The lowest BCUT2D eigenvalue weighted by atomic mass is 10.0. The van der Waals surface area contributed by atoms with Crippen LogP contribution in [0.15, 0.2) is 11.4 Å². The van der Waals surface area contributed by atoms with Crippen LogP contribution in [0.3, 0.4) is 0 Å². The minimum atomic E-state index is 0.503. The van der Waals surface area contributed by atoms with Gasteiger partial charge in [0.1, 0.15) is 0 Å². The zero-order valence-corrected chi connectivity index (χ0v) is 9.23. The Balaban J connectivity index is 1.97. The van der Waals surface area contributed by atoms with Crippen LogP contribution in [0.1, 0.15) is 36.6 Å². The number of thiophene rings is 1. The fourth-order valence-electron chi connectivity index (χ4n) is 1.82. The lowest BCUT2D eigenvalue weighted by Crippen LogP contribution is -1.99. The maximum Gasteiger partial charge on any atom is 0.0845 e. The molecule has 0 aliphatic carbocycles. The van der Waals surface area contributed by atoms with Crippen LogP contribution in [-0.4, -0.2) is 12.2 Å². The van der Waals surface area contributed by atoms with Crippen molar-refractivity contribution in [3.8, 4) is 0 Å². The van der Waals surface area contributed by atoms with Crippen LogP contribution in [0.2, 0.25) is 0 Å².